The molecule has 0 aliphatic heterocycles. The number of nitrogens with zero attached hydrogens (tertiary/aromatic N) is 6. The molecule has 1 aliphatic carbocycles. The number of hydrogen-bond acceptors (Lipinski definition) is 7. The van der Waals surface area contributed by atoms with Crippen LogP contribution in [-0.2, 0) is 0 Å². The van der Waals surface area contributed by atoms with E-state index in [-0.39, 0.29) is 0 Å². The van der Waals surface area contributed by atoms with Crippen molar-refractivity contribution in [2.45, 2.75) is 38.1 Å². The lowest BCUT2D eigenvalue weighted by atomic mass is 9.84. The van der Waals surface area contributed by atoms with E-state index < -0.39 is 0 Å². The molecule has 0 bridgehead atoms. The molecule has 0 saturated heterocycles. The number of hydrogen-bond donors (Lipinski definition) is 2. The predicted octanol–water partition coefficient (Wildman–Crippen LogP) is 2.65. The summed E-state index contributed by atoms with van der Waals surface area (Å²) < 4.78 is 1.74. The van der Waals surface area contributed by atoms with Crippen LogP contribution >= 0.6 is 0 Å². The first-order valence-electron chi connectivity index (χ1n) is 8.78. The van der Waals surface area contributed by atoms with Gasteiger partial charge in [0.25, 0.3) is 0 Å². The molecule has 0 unspecified atom stereocenters. The summed E-state index contributed by atoms with van der Waals surface area (Å²) in [7, 11) is 0. The Bertz CT molecular complexity index is 949. The van der Waals surface area contributed by atoms with Crippen molar-refractivity contribution in [3.63, 3.8) is 0 Å². The van der Waals surface area contributed by atoms with Gasteiger partial charge in [-0.2, -0.15) is 10.4 Å². The zero-order valence-electron chi connectivity index (χ0n) is 14.3. The van der Waals surface area contributed by atoms with E-state index in [1.807, 2.05) is 0 Å². The van der Waals surface area contributed by atoms with Crippen LogP contribution in [0.2, 0.25) is 0 Å². The fraction of sp³-hybridized carbons (Fsp3) is 0.389. The van der Waals surface area contributed by atoms with Crippen LogP contribution in [0.1, 0.15) is 32.1 Å². The van der Waals surface area contributed by atoms with Gasteiger partial charge in [0.1, 0.15) is 0 Å². The van der Waals surface area contributed by atoms with Gasteiger partial charge in [-0.15, -0.1) is 0 Å². The minimum atomic E-state index is 0.320. The summed E-state index contributed by atoms with van der Waals surface area (Å²) in [6, 6.07) is 2.59. The van der Waals surface area contributed by atoms with Crippen LogP contribution in [0.25, 0.3) is 16.9 Å². The van der Waals surface area contributed by atoms with Gasteiger partial charge in [0, 0.05) is 24.9 Å². The second kappa shape index (κ2) is 6.96. The van der Waals surface area contributed by atoms with Crippen LogP contribution < -0.4 is 11.1 Å². The quantitative estimate of drug-likeness (QED) is 0.744. The van der Waals surface area contributed by atoms with Gasteiger partial charge in [-0.1, -0.05) is 0 Å². The number of nitrogens with two attached hydrogens (primary N) is 1. The van der Waals surface area contributed by atoms with Crippen molar-refractivity contribution in [1.29, 1.82) is 5.26 Å². The van der Waals surface area contributed by atoms with Crippen LogP contribution in [-0.4, -0.2) is 30.6 Å². The normalized spacial score (nSPS) is 20.0. The van der Waals surface area contributed by atoms with Crippen molar-refractivity contribution < 1.29 is 0 Å². The van der Waals surface area contributed by atoms with Crippen molar-refractivity contribution in [3.8, 4) is 17.5 Å². The lowest BCUT2D eigenvalue weighted by Crippen LogP contribution is -2.27. The average Bonchev–Trinajstić information content (AvgIpc) is 3.09. The SMILES string of the molecule is N#CCC1CCC(Nc2nc(-c3cnn4ccncc34)ncc2N)CC1. The molecule has 3 aromatic rings. The summed E-state index contributed by atoms with van der Waals surface area (Å²) in [4.78, 5) is 13.1. The molecular formula is C18H20N8. The van der Waals surface area contributed by atoms with Crippen molar-refractivity contribution in [1.82, 2.24) is 24.6 Å². The third-order valence-corrected chi connectivity index (χ3v) is 4.95. The van der Waals surface area contributed by atoms with Crippen molar-refractivity contribution in [2.24, 2.45) is 5.92 Å². The molecule has 0 radical (unpaired) electrons. The second-order valence-electron chi connectivity index (χ2n) is 6.69. The minimum Gasteiger partial charge on any atom is -0.394 e. The Balaban J connectivity index is 1.55. The number of nitrogen functional groups attached to an aromatic ring is 1. The van der Waals surface area contributed by atoms with Gasteiger partial charge in [0.05, 0.1) is 41.4 Å². The molecule has 8 nitrogen and oxygen atoms in total. The average molecular weight is 348 g/mol. The van der Waals surface area contributed by atoms with Gasteiger partial charge in [-0.25, -0.2) is 14.5 Å². The number of anilines is 2. The molecule has 0 atom stereocenters. The van der Waals surface area contributed by atoms with Gasteiger partial charge in [-0.3, -0.25) is 4.98 Å². The molecule has 132 valence electrons. The maximum atomic E-state index is 8.84. The molecule has 0 aromatic carbocycles. The van der Waals surface area contributed by atoms with Crippen LogP contribution in [0, 0.1) is 17.2 Å². The molecule has 0 spiro atoms. The van der Waals surface area contributed by atoms with Gasteiger partial charge >= 0.3 is 0 Å². The summed E-state index contributed by atoms with van der Waals surface area (Å²) in [5.74, 6) is 1.74. The van der Waals surface area contributed by atoms with Crippen LogP contribution in [0.4, 0.5) is 11.5 Å². The third-order valence-electron chi connectivity index (χ3n) is 4.95. The summed E-state index contributed by atoms with van der Waals surface area (Å²) in [6.07, 6.45) is 13.4. The molecular weight excluding hydrogens is 328 g/mol. The summed E-state index contributed by atoms with van der Waals surface area (Å²) in [6.45, 7) is 0. The lowest BCUT2D eigenvalue weighted by molar-refractivity contribution is 0.342. The molecule has 3 N–H and O–H groups in total. The monoisotopic (exact) mass is 348 g/mol. The lowest BCUT2D eigenvalue weighted by Gasteiger charge is -2.28. The Morgan fingerprint density at radius 2 is 2.08 bits per heavy atom. The summed E-state index contributed by atoms with van der Waals surface area (Å²) >= 11 is 0. The predicted molar refractivity (Wildman–Crippen MR) is 98.0 cm³/mol. The molecule has 4 rings (SSSR count). The van der Waals surface area contributed by atoms with Crippen LogP contribution in [0.15, 0.2) is 31.0 Å². The van der Waals surface area contributed by atoms with Crippen molar-refractivity contribution in [2.75, 3.05) is 11.1 Å². The standard InChI is InChI=1S/C18H20N8/c19-6-5-12-1-3-13(4-2-12)24-18-15(20)10-22-17(25-18)14-9-23-26-8-7-21-11-16(14)26/h7-13H,1-5,20H2,(H,22,24,25). The van der Waals surface area contributed by atoms with E-state index in [0.717, 1.165) is 36.8 Å². The number of aromatic nitrogens is 5. The molecule has 26 heavy (non-hydrogen) atoms. The maximum Gasteiger partial charge on any atom is 0.165 e. The number of fused-ring (bicyclic) bond motifs is 1. The molecule has 0 amide bonds. The van der Waals surface area contributed by atoms with Gasteiger partial charge in [0.2, 0.25) is 0 Å². The van der Waals surface area contributed by atoms with Gasteiger partial charge in [-0.05, 0) is 31.6 Å². The Morgan fingerprint density at radius 3 is 2.88 bits per heavy atom. The number of nitriles is 1. The summed E-state index contributed by atoms with van der Waals surface area (Å²) in [5, 5.41) is 16.6. The van der Waals surface area contributed by atoms with E-state index in [1.54, 1.807) is 35.5 Å². The third kappa shape index (κ3) is 3.16. The Labute approximate surface area is 151 Å². The number of nitrogens with one attached hydrogen (secondary N) is 1. The van der Waals surface area contributed by atoms with E-state index in [4.69, 9.17) is 11.0 Å². The smallest absolute Gasteiger partial charge is 0.165 e. The first-order valence-corrected chi connectivity index (χ1v) is 8.78. The van der Waals surface area contributed by atoms with E-state index in [9.17, 15) is 0 Å². The fourth-order valence-electron chi connectivity index (χ4n) is 3.48. The van der Waals surface area contributed by atoms with E-state index in [2.05, 4.69) is 31.4 Å². The first-order chi connectivity index (χ1) is 12.7. The van der Waals surface area contributed by atoms with Gasteiger partial charge < -0.3 is 11.1 Å². The minimum absolute atomic E-state index is 0.320. The van der Waals surface area contributed by atoms with Crippen LogP contribution in [0.3, 0.4) is 0 Å². The summed E-state index contributed by atoms with van der Waals surface area (Å²) in [5.41, 5.74) is 8.28. The number of rotatable bonds is 4. The van der Waals surface area contributed by atoms with E-state index in [1.165, 1.54) is 0 Å². The Hall–Kier alpha value is -3.21. The fourth-order valence-corrected chi connectivity index (χ4v) is 3.48. The van der Waals surface area contributed by atoms with Crippen LogP contribution in [0.5, 0.6) is 0 Å². The molecule has 3 heterocycles. The maximum absolute atomic E-state index is 8.84. The zero-order valence-corrected chi connectivity index (χ0v) is 14.3. The largest absolute Gasteiger partial charge is 0.394 e. The highest BCUT2D eigenvalue weighted by Gasteiger charge is 2.22. The molecule has 8 heteroatoms. The highest BCUT2D eigenvalue weighted by Crippen LogP contribution is 2.30. The Morgan fingerprint density at radius 1 is 1.23 bits per heavy atom. The van der Waals surface area contributed by atoms with Gasteiger partial charge in [0.15, 0.2) is 11.6 Å². The Kier molecular flexibility index (Phi) is 4.35. The molecule has 1 saturated carbocycles. The van der Waals surface area contributed by atoms with Crippen molar-refractivity contribution >= 4 is 17.0 Å². The van der Waals surface area contributed by atoms with E-state index in [0.29, 0.717) is 35.7 Å². The van der Waals surface area contributed by atoms with Crippen molar-refractivity contribution in [3.05, 3.63) is 31.0 Å². The highest BCUT2D eigenvalue weighted by atomic mass is 15.2. The zero-order chi connectivity index (χ0) is 17.9. The second-order valence-corrected chi connectivity index (χ2v) is 6.69. The molecule has 1 fully saturated rings. The van der Waals surface area contributed by atoms with E-state index >= 15 is 0 Å². The molecule has 1 aliphatic rings. The molecule has 3 aromatic heterocycles. The highest BCUT2D eigenvalue weighted by molar-refractivity contribution is 5.76. The first kappa shape index (κ1) is 16.3. The topological polar surface area (TPSA) is 118 Å².